The van der Waals surface area contributed by atoms with Crippen molar-refractivity contribution in [2.45, 2.75) is 11.3 Å². The highest BCUT2D eigenvalue weighted by atomic mass is 32.2. The van der Waals surface area contributed by atoms with Crippen molar-refractivity contribution in [1.82, 2.24) is 10.0 Å². The number of nitro benzene ring substituents is 1. The molecule has 1 aromatic heterocycles. The number of amides is 1. The SMILES string of the molecule is COc1ccc2c(CC(=O)NCCNS(=O)(=O)c3cccc([N+](=O)[O-])c3)coc2c1. The largest absolute Gasteiger partial charge is 0.497 e. The zero-order chi connectivity index (χ0) is 21.7. The molecule has 11 heteroatoms. The fraction of sp³-hybridized carbons (Fsp3) is 0.211. The van der Waals surface area contributed by atoms with Crippen molar-refractivity contribution in [1.29, 1.82) is 0 Å². The molecule has 1 amide bonds. The van der Waals surface area contributed by atoms with Gasteiger partial charge >= 0.3 is 0 Å². The molecule has 158 valence electrons. The van der Waals surface area contributed by atoms with E-state index in [0.717, 1.165) is 11.5 Å². The van der Waals surface area contributed by atoms with E-state index in [9.17, 15) is 23.3 Å². The van der Waals surface area contributed by atoms with Gasteiger partial charge in [0.15, 0.2) is 0 Å². The van der Waals surface area contributed by atoms with Gasteiger partial charge in [0.2, 0.25) is 15.9 Å². The van der Waals surface area contributed by atoms with Gasteiger partial charge in [-0.05, 0) is 18.2 Å². The van der Waals surface area contributed by atoms with Crippen LogP contribution in [0.15, 0.2) is 58.0 Å². The Kier molecular flexibility index (Phi) is 6.33. The van der Waals surface area contributed by atoms with Crippen molar-refractivity contribution in [3.63, 3.8) is 0 Å². The van der Waals surface area contributed by atoms with Gasteiger partial charge in [0.05, 0.1) is 29.6 Å². The topological polar surface area (TPSA) is 141 Å². The third-order valence-electron chi connectivity index (χ3n) is 4.29. The number of carbonyl (C=O) groups is 1. The van der Waals surface area contributed by atoms with E-state index < -0.39 is 14.9 Å². The number of methoxy groups -OCH3 is 1. The van der Waals surface area contributed by atoms with E-state index in [-0.39, 0.29) is 36.0 Å². The van der Waals surface area contributed by atoms with E-state index in [1.165, 1.54) is 24.5 Å². The zero-order valence-corrected chi connectivity index (χ0v) is 16.8. The number of hydrogen-bond acceptors (Lipinski definition) is 7. The molecule has 0 aliphatic rings. The van der Waals surface area contributed by atoms with Crippen molar-refractivity contribution in [3.05, 3.63) is 64.4 Å². The van der Waals surface area contributed by atoms with E-state index in [0.29, 0.717) is 16.9 Å². The monoisotopic (exact) mass is 433 g/mol. The number of ether oxygens (including phenoxy) is 1. The van der Waals surface area contributed by atoms with Crippen LogP contribution in [-0.2, 0) is 21.2 Å². The van der Waals surface area contributed by atoms with Crippen LogP contribution >= 0.6 is 0 Å². The summed E-state index contributed by atoms with van der Waals surface area (Å²) in [7, 11) is -2.38. The highest BCUT2D eigenvalue weighted by molar-refractivity contribution is 7.89. The molecule has 0 aliphatic carbocycles. The van der Waals surface area contributed by atoms with Crippen molar-refractivity contribution >= 4 is 32.6 Å². The van der Waals surface area contributed by atoms with Crippen molar-refractivity contribution in [2.24, 2.45) is 0 Å². The Morgan fingerprint density at radius 1 is 1.20 bits per heavy atom. The van der Waals surface area contributed by atoms with Gasteiger partial charge in [-0.15, -0.1) is 0 Å². The summed E-state index contributed by atoms with van der Waals surface area (Å²) in [5.74, 6) is 0.340. The molecule has 0 saturated carbocycles. The van der Waals surface area contributed by atoms with Crippen LogP contribution in [-0.4, -0.2) is 39.4 Å². The maximum Gasteiger partial charge on any atom is 0.270 e. The first-order valence-corrected chi connectivity index (χ1v) is 10.3. The molecule has 0 aliphatic heterocycles. The predicted molar refractivity (Wildman–Crippen MR) is 108 cm³/mol. The van der Waals surface area contributed by atoms with Crippen molar-refractivity contribution < 1.29 is 27.3 Å². The van der Waals surface area contributed by atoms with Crippen LogP contribution in [0.1, 0.15) is 5.56 Å². The number of furan rings is 1. The molecule has 0 bridgehead atoms. The maximum atomic E-state index is 12.2. The molecule has 3 aromatic rings. The van der Waals surface area contributed by atoms with Gasteiger partial charge < -0.3 is 14.5 Å². The summed E-state index contributed by atoms with van der Waals surface area (Å²) >= 11 is 0. The maximum absolute atomic E-state index is 12.2. The summed E-state index contributed by atoms with van der Waals surface area (Å²) in [5, 5.41) is 14.2. The first kappa shape index (κ1) is 21.3. The minimum atomic E-state index is -3.93. The van der Waals surface area contributed by atoms with Crippen LogP contribution < -0.4 is 14.8 Å². The molecular weight excluding hydrogens is 414 g/mol. The second-order valence-corrected chi connectivity index (χ2v) is 8.07. The third kappa shape index (κ3) is 4.93. The minimum absolute atomic E-state index is 0.0522. The van der Waals surface area contributed by atoms with E-state index >= 15 is 0 Å². The Morgan fingerprint density at radius 2 is 2.00 bits per heavy atom. The first-order chi connectivity index (χ1) is 14.3. The number of carbonyl (C=O) groups excluding carboxylic acids is 1. The molecule has 0 spiro atoms. The standard InChI is InChI=1S/C19H19N3O7S/c1-28-15-5-6-17-13(12-29-18(17)11-15)9-19(23)20-7-8-21-30(26,27)16-4-2-3-14(10-16)22(24)25/h2-6,10-12,21H,7-9H2,1H3,(H,20,23). The van der Waals surface area contributed by atoms with Crippen LogP contribution in [0.3, 0.4) is 0 Å². The summed E-state index contributed by atoms with van der Waals surface area (Å²) < 4.78 is 37.3. The molecule has 0 saturated heterocycles. The highest BCUT2D eigenvalue weighted by Gasteiger charge is 2.17. The summed E-state index contributed by atoms with van der Waals surface area (Å²) in [4.78, 5) is 22.1. The molecule has 3 rings (SSSR count). The van der Waals surface area contributed by atoms with Crippen LogP contribution in [0.2, 0.25) is 0 Å². The van der Waals surface area contributed by atoms with E-state index in [1.54, 1.807) is 25.3 Å². The first-order valence-electron chi connectivity index (χ1n) is 8.85. The number of rotatable bonds is 9. The molecule has 30 heavy (non-hydrogen) atoms. The predicted octanol–water partition coefficient (Wildman–Crippen LogP) is 1.99. The number of non-ortho nitro benzene ring substituents is 1. The Balaban J connectivity index is 1.52. The highest BCUT2D eigenvalue weighted by Crippen LogP contribution is 2.25. The molecule has 10 nitrogen and oxygen atoms in total. The Labute approximate surface area is 172 Å². The number of sulfonamides is 1. The Hall–Kier alpha value is -3.44. The minimum Gasteiger partial charge on any atom is -0.497 e. The van der Waals surface area contributed by atoms with Crippen LogP contribution in [0.5, 0.6) is 5.75 Å². The van der Waals surface area contributed by atoms with Gasteiger partial charge in [-0.2, -0.15) is 0 Å². The van der Waals surface area contributed by atoms with Gasteiger partial charge in [-0.1, -0.05) is 6.07 Å². The Morgan fingerprint density at radius 3 is 2.73 bits per heavy atom. The van der Waals surface area contributed by atoms with Gasteiger partial charge in [-0.3, -0.25) is 14.9 Å². The zero-order valence-electron chi connectivity index (χ0n) is 16.0. The second-order valence-electron chi connectivity index (χ2n) is 6.30. The molecule has 0 radical (unpaired) electrons. The lowest BCUT2D eigenvalue weighted by Crippen LogP contribution is -2.35. The third-order valence-corrected chi connectivity index (χ3v) is 5.75. The number of nitrogens with one attached hydrogen (secondary N) is 2. The van der Waals surface area contributed by atoms with Gasteiger partial charge in [-0.25, -0.2) is 13.1 Å². The molecule has 0 unspecified atom stereocenters. The fourth-order valence-electron chi connectivity index (χ4n) is 2.80. The van der Waals surface area contributed by atoms with E-state index in [4.69, 9.17) is 9.15 Å². The van der Waals surface area contributed by atoms with Crippen LogP contribution in [0.4, 0.5) is 5.69 Å². The number of fused-ring (bicyclic) bond motifs is 1. The molecule has 2 aromatic carbocycles. The molecule has 2 N–H and O–H groups in total. The number of nitrogens with zero attached hydrogens (tertiary/aromatic N) is 1. The van der Waals surface area contributed by atoms with Crippen molar-refractivity contribution in [3.8, 4) is 5.75 Å². The summed E-state index contributed by atoms with van der Waals surface area (Å²) in [6.07, 6.45) is 1.56. The number of benzene rings is 2. The van der Waals surface area contributed by atoms with Crippen molar-refractivity contribution in [2.75, 3.05) is 20.2 Å². The average Bonchev–Trinajstić information content (AvgIpc) is 3.13. The smallest absolute Gasteiger partial charge is 0.270 e. The van der Waals surface area contributed by atoms with E-state index in [1.807, 2.05) is 0 Å². The lowest BCUT2D eigenvalue weighted by atomic mass is 10.1. The summed E-state index contributed by atoms with van der Waals surface area (Å²) in [6.45, 7) is -0.0172. The lowest BCUT2D eigenvalue weighted by molar-refractivity contribution is -0.385. The van der Waals surface area contributed by atoms with Gasteiger partial charge in [0.25, 0.3) is 5.69 Å². The van der Waals surface area contributed by atoms with E-state index in [2.05, 4.69) is 10.0 Å². The molecule has 0 atom stereocenters. The van der Waals surface area contributed by atoms with Crippen LogP contribution in [0.25, 0.3) is 11.0 Å². The number of hydrogen-bond donors (Lipinski definition) is 2. The Bertz CT molecular complexity index is 1190. The summed E-state index contributed by atoms with van der Waals surface area (Å²) in [5.41, 5.74) is 0.973. The quantitative estimate of drug-likeness (QED) is 0.299. The van der Waals surface area contributed by atoms with Crippen LogP contribution in [0, 0.1) is 10.1 Å². The summed E-state index contributed by atoms with van der Waals surface area (Å²) in [6, 6.07) is 10.0. The molecule has 1 heterocycles. The van der Waals surface area contributed by atoms with Gasteiger partial charge in [0.1, 0.15) is 11.3 Å². The van der Waals surface area contributed by atoms with Gasteiger partial charge in [0, 0.05) is 42.2 Å². The molecule has 0 fully saturated rings. The second kappa shape index (κ2) is 8.93. The average molecular weight is 433 g/mol. The normalized spacial score (nSPS) is 11.4. The fourth-order valence-corrected chi connectivity index (χ4v) is 3.87. The lowest BCUT2D eigenvalue weighted by Gasteiger charge is -2.08. The number of nitro groups is 1. The molecular formula is C19H19N3O7S.